The van der Waals surface area contributed by atoms with Gasteiger partial charge in [0.1, 0.15) is 0 Å². The quantitative estimate of drug-likeness (QED) is 0.704. The van der Waals surface area contributed by atoms with Gasteiger partial charge in [0.05, 0.1) is 21.5 Å². The molecular weight excluding hydrogens is 307 g/mol. The Kier molecular flexibility index (Phi) is 6.79. The van der Waals surface area contributed by atoms with E-state index in [0.29, 0.717) is 27.2 Å². The van der Waals surface area contributed by atoms with Gasteiger partial charge in [-0.3, -0.25) is 4.79 Å². The highest BCUT2D eigenvalue weighted by molar-refractivity contribution is 7.99. The number of nitrogens with one attached hydrogen (secondary N) is 1. The van der Waals surface area contributed by atoms with Gasteiger partial charge in [0.15, 0.2) is 0 Å². The third-order valence-corrected chi connectivity index (χ3v) is 4.14. The van der Waals surface area contributed by atoms with Gasteiger partial charge in [-0.1, -0.05) is 30.1 Å². The van der Waals surface area contributed by atoms with Crippen LogP contribution in [-0.2, 0) is 4.79 Å². The van der Waals surface area contributed by atoms with Crippen molar-refractivity contribution in [2.75, 3.05) is 29.2 Å². The van der Waals surface area contributed by atoms with E-state index in [1.807, 2.05) is 6.92 Å². The van der Waals surface area contributed by atoms with Crippen molar-refractivity contribution in [2.24, 2.45) is 5.92 Å². The van der Waals surface area contributed by atoms with Crippen LogP contribution in [0.3, 0.4) is 0 Å². The number of amides is 1. The van der Waals surface area contributed by atoms with Gasteiger partial charge in [-0.15, -0.1) is 0 Å². The number of aliphatic hydroxyl groups is 1. The average Bonchev–Trinajstić information content (AvgIpc) is 2.33. The zero-order valence-electron chi connectivity index (χ0n) is 10.5. The predicted molar refractivity (Wildman–Crippen MR) is 83.1 cm³/mol. The standard InChI is InChI=1S/C12H16Cl2N2O2S/c1-7(4-17)5-19-6-11(18)16-12-9(13)2-8(15)3-10(12)14/h2-3,7,17H,4-6,15H2,1H3,(H,16,18). The molecule has 1 atom stereocenters. The number of rotatable bonds is 6. The first-order valence-corrected chi connectivity index (χ1v) is 7.58. The number of thioether (sulfide) groups is 1. The number of carbonyl (C=O) groups excluding carboxylic acids is 1. The molecule has 1 unspecified atom stereocenters. The maximum atomic E-state index is 11.7. The Labute approximate surface area is 126 Å². The molecule has 1 amide bonds. The number of hydrogen-bond acceptors (Lipinski definition) is 4. The fraction of sp³-hybridized carbons (Fsp3) is 0.417. The molecule has 0 aliphatic carbocycles. The largest absolute Gasteiger partial charge is 0.399 e. The summed E-state index contributed by atoms with van der Waals surface area (Å²) in [6.07, 6.45) is 0. The van der Waals surface area contributed by atoms with E-state index in [9.17, 15) is 4.79 Å². The van der Waals surface area contributed by atoms with Gasteiger partial charge in [0, 0.05) is 12.3 Å². The van der Waals surface area contributed by atoms with Gasteiger partial charge in [-0.05, 0) is 23.8 Å². The van der Waals surface area contributed by atoms with Crippen molar-refractivity contribution in [3.05, 3.63) is 22.2 Å². The van der Waals surface area contributed by atoms with Gasteiger partial charge in [-0.2, -0.15) is 11.8 Å². The molecule has 0 bridgehead atoms. The predicted octanol–water partition coefficient (Wildman–Crippen LogP) is 2.88. The number of halogens is 2. The smallest absolute Gasteiger partial charge is 0.234 e. The van der Waals surface area contributed by atoms with Crippen LogP contribution in [0.4, 0.5) is 11.4 Å². The molecule has 4 nitrogen and oxygen atoms in total. The molecule has 0 radical (unpaired) electrons. The Bertz CT molecular complexity index is 434. The Morgan fingerprint density at radius 3 is 2.58 bits per heavy atom. The summed E-state index contributed by atoms with van der Waals surface area (Å²) in [6, 6.07) is 3.06. The van der Waals surface area contributed by atoms with Crippen molar-refractivity contribution in [1.29, 1.82) is 0 Å². The molecule has 0 saturated heterocycles. The number of benzene rings is 1. The first kappa shape index (κ1) is 16.4. The fourth-order valence-corrected chi connectivity index (χ4v) is 2.77. The molecule has 4 N–H and O–H groups in total. The fourth-order valence-electron chi connectivity index (χ4n) is 1.29. The van der Waals surface area contributed by atoms with E-state index >= 15 is 0 Å². The number of nitrogen functional groups attached to an aromatic ring is 1. The van der Waals surface area contributed by atoms with Gasteiger partial charge < -0.3 is 16.2 Å². The molecule has 0 saturated carbocycles. The zero-order chi connectivity index (χ0) is 14.4. The minimum absolute atomic E-state index is 0.115. The van der Waals surface area contributed by atoms with E-state index in [2.05, 4.69) is 5.32 Å². The number of anilines is 2. The second-order valence-corrected chi connectivity index (χ2v) is 6.06. The van der Waals surface area contributed by atoms with Crippen molar-refractivity contribution in [3.8, 4) is 0 Å². The lowest BCUT2D eigenvalue weighted by Crippen LogP contribution is -2.16. The van der Waals surface area contributed by atoms with Crippen molar-refractivity contribution >= 4 is 52.2 Å². The molecule has 0 fully saturated rings. The van der Waals surface area contributed by atoms with Crippen LogP contribution >= 0.6 is 35.0 Å². The lowest BCUT2D eigenvalue weighted by Gasteiger charge is -2.11. The molecule has 0 heterocycles. The van der Waals surface area contributed by atoms with Crippen LogP contribution in [0.15, 0.2) is 12.1 Å². The molecule has 0 spiro atoms. The molecule has 0 aliphatic heterocycles. The van der Waals surface area contributed by atoms with Crippen LogP contribution < -0.4 is 11.1 Å². The van der Waals surface area contributed by atoms with E-state index in [-0.39, 0.29) is 24.2 Å². The van der Waals surface area contributed by atoms with Crippen molar-refractivity contribution < 1.29 is 9.90 Å². The molecule has 1 rings (SSSR count). The van der Waals surface area contributed by atoms with Crippen LogP contribution in [0.5, 0.6) is 0 Å². The van der Waals surface area contributed by atoms with Gasteiger partial charge in [0.2, 0.25) is 5.91 Å². The molecular formula is C12H16Cl2N2O2S. The molecule has 19 heavy (non-hydrogen) atoms. The van der Waals surface area contributed by atoms with Crippen LogP contribution in [0, 0.1) is 5.92 Å². The van der Waals surface area contributed by atoms with Crippen molar-refractivity contribution in [1.82, 2.24) is 0 Å². The number of carbonyl (C=O) groups is 1. The minimum atomic E-state index is -0.191. The molecule has 7 heteroatoms. The summed E-state index contributed by atoms with van der Waals surface area (Å²) in [4.78, 5) is 11.7. The minimum Gasteiger partial charge on any atom is -0.399 e. The van der Waals surface area contributed by atoms with Gasteiger partial charge >= 0.3 is 0 Å². The summed E-state index contributed by atoms with van der Waals surface area (Å²) in [7, 11) is 0. The third-order valence-electron chi connectivity index (χ3n) is 2.28. The van der Waals surface area contributed by atoms with Crippen LogP contribution in [0.25, 0.3) is 0 Å². The van der Waals surface area contributed by atoms with Crippen LogP contribution in [-0.4, -0.2) is 29.1 Å². The third kappa shape index (κ3) is 5.48. The lowest BCUT2D eigenvalue weighted by atomic mass is 10.2. The van der Waals surface area contributed by atoms with E-state index in [1.54, 1.807) is 0 Å². The first-order valence-electron chi connectivity index (χ1n) is 5.67. The molecule has 1 aromatic rings. The summed E-state index contributed by atoms with van der Waals surface area (Å²) in [6.45, 7) is 2.03. The monoisotopic (exact) mass is 322 g/mol. The van der Waals surface area contributed by atoms with Crippen LogP contribution in [0.1, 0.15) is 6.92 Å². The van der Waals surface area contributed by atoms with Crippen molar-refractivity contribution in [2.45, 2.75) is 6.92 Å². The summed E-state index contributed by atoms with van der Waals surface area (Å²) in [5.74, 6) is 0.972. The second-order valence-electron chi connectivity index (χ2n) is 4.21. The summed E-state index contributed by atoms with van der Waals surface area (Å²) in [5, 5.41) is 12.2. The Balaban J connectivity index is 2.53. The second kappa shape index (κ2) is 7.85. The topological polar surface area (TPSA) is 75.3 Å². The summed E-state index contributed by atoms with van der Waals surface area (Å²) in [5.41, 5.74) is 6.40. The first-order chi connectivity index (χ1) is 8.93. The number of nitrogens with two attached hydrogens (primary N) is 1. The van der Waals surface area contributed by atoms with Gasteiger partial charge in [0.25, 0.3) is 0 Å². The SMILES string of the molecule is CC(CO)CSCC(=O)Nc1c(Cl)cc(N)cc1Cl. The molecule has 0 aliphatic rings. The van der Waals surface area contributed by atoms with E-state index < -0.39 is 0 Å². The van der Waals surface area contributed by atoms with Gasteiger partial charge in [-0.25, -0.2) is 0 Å². The Hall–Kier alpha value is -0.620. The average molecular weight is 323 g/mol. The normalized spacial score (nSPS) is 12.2. The molecule has 106 valence electrons. The Morgan fingerprint density at radius 2 is 2.05 bits per heavy atom. The lowest BCUT2D eigenvalue weighted by molar-refractivity contribution is -0.113. The van der Waals surface area contributed by atoms with E-state index in [0.717, 1.165) is 0 Å². The zero-order valence-corrected chi connectivity index (χ0v) is 12.8. The van der Waals surface area contributed by atoms with E-state index in [4.69, 9.17) is 34.0 Å². The summed E-state index contributed by atoms with van der Waals surface area (Å²) < 4.78 is 0. The highest BCUT2D eigenvalue weighted by atomic mass is 35.5. The summed E-state index contributed by atoms with van der Waals surface area (Å²) >= 11 is 13.4. The van der Waals surface area contributed by atoms with Crippen molar-refractivity contribution in [3.63, 3.8) is 0 Å². The van der Waals surface area contributed by atoms with Crippen LogP contribution in [0.2, 0.25) is 10.0 Å². The number of aliphatic hydroxyl groups excluding tert-OH is 1. The Morgan fingerprint density at radius 1 is 1.47 bits per heavy atom. The number of hydrogen-bond donors (Lipinski definition) is 3. The van der Waals surface area contributed by atoms with E-state index in [1.165, 1.54) is 23.9 Å². The molecule has 0 aromatic heterocycles. The maximum absolute atomic E-state index is 11.7. The maximum Gasteiger partial charge on any atom is 0.234 e. The highest BCUT2D eigenvalue weighted by Crippen LogP contribution is 2.32. The highest BCUT2D eigenvalue weighted by Gasteiger charge is 2.11. The molecule has 1 aromatic carbocycles.